The second-order valence-electron chi connectivity index (χ2n) is 2.67. The third-order valence-electron chi connectivity index (χ3n) is 1.71. The fraction of sp³-hybridized carbons (Fsp3) is 0. The number of hydrogen-bond donors (Lipinski definition) is 1. The molecule has 0 radical (unpaired) electrons. The summed E-state index contributed by atoms with van der Waals surface area (Å²) in [6.07, 6.45) is 0. The van der Waals surface area contributed by atoms with Crippen LogP contribution in [0.1, 0.15) is 5.89 Å². The van der Waals surface area contributed by atoms with Crippen LogP contribution >= 0.6 is 11.6 Å². The molecule has 5 nitrogen and oxygen atoms in total. The highest BCUT2D eigenvalue weighted by atomic mass is 35.5. The lowest BCUT2D eigenvalue weighted by molar-refractivity contribution is 0.319. The van der Waals surface area contributed by atoms with Crippen molar-refractivity contribution in [3.8, 4) is 11.5 Å². The summed E-state index contributed by atoms with van der Waals surface area (Å²) in [6, 6.07) is 9.22. The predicted molar refractivity (Wildman–Crippen MR) is 53.9 cm³/mol. The van der Waals surface area contributed by atoms with E-state index < -0.39 is 0 Å². The zero-order valence-electron chi connectivity index (χ0n) is 7.46. The maximum Gasteiger partial charge on any atom is 0.282 e. The van der Waals surface area contributed by atoms with Crippen LogP contribution in [0, 0.1) is 0 Å². The van der Waals surface area contributed by atoms with Crippen molar-refractivity contribution in [2.45, 2.75) is 0 Å². The van der Waals surface area contributed by atoms with Crippen LogP contribution in [-0.4, -0.2) is 20.6 Å². The minimum atomic E-state index is -0.232. The van der Waals surface area contributed by atoms with Crippen LogP contribution in [0.3, 0.4) is 0 Å². The van der Waals surface area contributed by atoms with E-state index in [-0.39, 0.29) is 11.1 Å². The quantitative estimate of drug-likeness (QED) is 0.481. The first kappa shape index (κ1) is 9.67. The molecular formula is C9H6ClN3O2. The molecule has 0 spiro atoms. The lowest BCUT2D eigenvalue weighted by Crippen LogP contribution is -1.90. The van der Waals surface area contributed by atoms with Gasteiger partial charge in [-0.3, -0.25) is 0 Å². The molecule has 6 heteroatoms. The van der Waals surface area contributed by atoms with Crippen LogP contribution in [0.4, 0.5) is 0 Å². The van der Waals surface area contributed by atoms with Gasteiger partial charge in [-0.1, -0.05) is 35.0 Å². The van der Waals surface area contributed by atoms with Crippen molar-refractivity contribution in [2.75, 3.05) is 0 Å². The molecule has 2 aromatic rings. The molecular weight excluding hydrogens is 218 g/mol. The molecule has 0 bridgehead atoms. The molecule has 2 rings (SSSR count). The first-order valence-corrected chi connectivity index (χ1v) is 4.46. The summed E-state index contributed by atoms with van der Waals surface area (Å²) >= 11 is 5.50. The topological polar surface area (TPSA) is 71.5 Å². The molecule has 1 aromatic heterocycles. The highest BCUT2D eigenvalue weighted by molar-refractivity contribution is 6.68. The van der Waals surface area contributed by atoms with Gasteiger partial charge < -0.3 is 9.62 Å². The summed E-state index contributed by atoms with van der Waals surface area (Å²) in [7, 11) is 0. The zero-order valence-corrected chi connectivity index (χ0v) is 8.22. The van der Waals surface area contributed by atoms with Gasteiger partial charge in [0.2, 0.25) is 11.1 Å². The maximum atomic E-state index is 8.40. The molecule has 1 N–H and O–H groups in total. The first-order chi connectivity index (χ1) is 7.31. The molecule has 0 aliphatic rings. The Morgan fingerprint density at radius 1 is 1.27 bits per heavy atom. The van der Waals surface area contributed by atoms with Gasteiger partial charge in [0.25, 0.3) is 5.89 Å². The molecule has 1 aromatic carbocycles. The standard InChI is InChI=1S/C9H6ClN3O2/c10-7(13-14)9-12-11-8(15-9)6-4-2-1-3-5-6/h1-5,14H/b13-7-. The Labute approximate surface area is 90.0 Å². The third kappa shape index (κ3) is 1.97. The van der Waals surface area contributed by atoms with Gasteiger partial charge in [0.05, 0.1) is 0 Å². The molecule has 1 heterocycles. The smallest absolute Gasteiger partial charge is 0.282 e. The van der Waals surface area contributed by atoms with E-state index >= 15 is 0 Å². The number of halogens is 1. The second-order valence-corrected chi connectivity index (χ2v) is 3.03. The van der Waals surface area contributed by atoms with Crippen molar-refractivity contribution >= 4 is 16.8 Å². The minimum absolute atomic E-state index is 0.0157. The van der Waals surface area contributed by atoms with Gasteiger partial charge >= 0.3 is 0 Å². The van der Waals surface area contributed by atoms with E-state index in [1.807, 2.05) is 30.3 Å². The van der Waals surface area contributed by atoms with Crippen molar-refractivity contribution in [2.24, 2.45) is 5.16 Å². The summed E-state index contributed by atoms with van der Waals surface area (Å²) in [6.45, 7) is 0. The third-order valence-corrected chi connectivity index (χ3v) is 1.95. The SMILES string of the molecule is O/N=C(\Cl)c1nnc(-c2ccccc2)o1. The molecule has 0 aliphatic carbocycles. The van der Waals surface area contributed by atoms with Crippen molar-refractivity contribution in [1.82, 2.24) is 10.2 Å². The van der Waals surface area contributed by atoms with E-state index in [0.717, 1.165) is 5.56 Å². The zero-order chi connectivity index (χ0) is 10.7. The molecule has 0 amide bonds. The molecule has 0 saturated heterocycles. The average Bonchev–Trinajstić information content (AvgIpc) is 2.78. The molecule has 0 atom stereocenters. The summed E-state index contributed by atoms with van der Waals surface area (Å²) in [4.78, 5) is 0. The number of rotatable bonds is 2. The first-order valence-electron chi connectivity index (χ1n) is 4.08. The Morgan fingerprint density at radius 3 is 2.67 bits per heavy atom. The molecule has 15 heavy (non-hydrogen) atoms. The van der Waals surface area contributed by atoms with Crippen LogP contribution in [-0.2, 0) is 0 Å². The van der Waals surface area contributed by atoms with Crippen LogP contribution < -0.4 is 0 Å². The number of aromatic nitrogens is 2. The van der Waals surface area contributed by atoms with Crippen LogP contribution in [0.25, 0.3) is 11.5 Å². The Bertz CT molecular complexity index is 481. The van der Waals surface area contributed by atoms with Gasteiger partial charge in [0.15, 0.2) is 0 Å². The summed E-state index contributed by atoms with van der Waals surface area (Å²) in [5.41, 5.74) is 0.777. The van der Waals surface area contributed by atoms with Crippen molar-refractivity contribution < 1.29 is 9.62 Å². The summed E-state index contributed by atoms with van der Waals surface area (Å²) < 4.78 is 5.18. The number of oxime groups is 1. The highest BCUT2D eigenvalue weighted by Gasteiger charge is 2.11. The van der Waals surface area contributed by atoms with Gasteiger partial charge in [-0.15, -0.1) is 10.2 Å². The van der Waals surface area contributed by atoms with Crippen molar-refractivity contribution in [3.63, 3.8) is 0 Å². The number of hydrogen-bond acceptors (Lipinski definition) is 5. The van der Waals surface area contributed by atoms with Crippen LogP contribution in [0.2, 0.25) is 0 Å². The van der Waals surface area contributed by atoms with E-state index in [1.54, 1.807) is 0 Å². The highest BCUT2D eigenvalue weighted by Crippen LogP contribution is 2.17. The lowest BCUT2D eigenvalue weighted by atomic mass is 10.2. The van der Waals surface area contributed by atoms with E-state index in [9.17, 15) is 0 Å². The Morgan fingerprint density at radius 2 is 2.00 bits per heavy atom. The summed E-state index contributed by atoms with van der Waals surface area (Å²) in [5.74, 6) is 0.311. The van der Waals surface area contributed by atoms with Crippen LogP contribution in [0.15, 0.2) is 39.9 Å². The predicted octanol–water partition coefficient (Wildman–Crippen LogP) is 2.11. The van der Waals surface area contributed by atoms with Crippen LogP contribution in [0.5, 0.6) is 0 Å². The number of benzene rings is 1. The molecule has 76 valence electrons. The maximum absolute atomic E-state index is 8.40. The lowest BCUT2D eigenvalue weighted by Gasteiger charge is -1.91. The van der Waals surface area contributed by atoms with E-state index in [1.165, 1.54) is 0 Å². The van der Waals surface area contributed by atoms with E-state index in [0.29, 0.717) is 5.89 Å². The fourth-order valence-electron chi connectivity index (χ4n) is 1.05. The summed E-state index contributed by atoms with van der Waals surface area (Å²) in [5, 5.41) is 18.3. The molecule has 0 saturated carbocycles. The Kier molecular flexibility index (Phi) is 2.64. The molecule has 0 aliphatic heterocycles. The normalized spacial score (nSPS) is 11.7. The van der Waals surface area contributed by atoms with E-state index in [4.69, 9.17) is 21.2 Å². The van der Waals surface area contributed by atoms with Gasteiger partial charge in [-0.2, -0.15) is 0 Å². The van der Waals surface area contributed by atoms with Crippen molar-refractivity contribution in [1.29, 1.82) is 0 Å². The van der Waals surface area contributed by atoms with E-state index in [2.05, 4.69) is 15.4 Å². The molecule has 0 unspecified atom stereocenters. The monoisotopic (exact) mass is 223 g/mol. The van der Waals surface area contributed by atoms with Gasteiger partial charge in [-0.05, 0) is 12.1 Å². The van der Waals surface area contributed by atoms with Crippen molar-refractivity contribution in [3.05, 3.63) is 36.2 Å². The van der Waals surface area contributed by atoms with Gasteiger partial charge in [-0.25, -0.2) is 0 Å². The van der Waals surface area contributed by atoms with Gasteiger partial charge in [0, 0.05) is 5.56 Å². The van der Waals surface area contributed by atoms with Gasteiger partial charge in [0.1, 0.15) is 0 Å². The average molecular weight is 224 g/mol. The molecule has 0 fully saturated rings. The largest absolute Gasteiger partial charge is 0.414 e. The Hall–Kier alpha value is -1.88. The fourth-order valence-corrected chi connectivity index (χ4v) is 1.12. The second kappa shape index (κ2) is 4.10. The minimum Gasteiger partial charge on any atom is -0.414 e. The Balaban J connectivity index is 2.36. The number of nitrogens with zero attached hydrogens (tertiary/aromatic N) is 3.